The van der Waals surface area contributed by atoms with E-state index in [2.05, 4.69) is 46.8 Å². The van der Waals surface area contributed by atoms with E-state index in [0.717, 1.165) is 50.3 Å². The molecule has 0 bridgehead atoms. The number of aromatic amines is 1. The van der Waals surface area contributed by atoms with Crippen LogP contribution in [0.2, 0.25) is 0 Å². The van der Waals surface area contributed by atoms with Crippen LogP contribution in [0.4, 0.5) is 11.5 Å². The lowest BCUT2D eigenvalue weighted by atomic mass is 10.0. The number of rotatable bonds is 8. The molecule has 0 saturated heterocycles. The zero-order valence-corrected chi connectivity index (χ0v) is 19.0. The van der Waals surface area contributed by atoms with Crippen LogP contribution in [0, 0.1) is 0 Å². The van der Waals surface area contributed by atoms with Gasteiger partial charge in [0.05, 0.1) is 18.2 Å². The first-order valence-electron chi connectivity index (χ1n) is 10.8. The molecule has 2 aromatic carbocycles. The lowest BCUT2D eigenvalue weighted by molar-refractivity contribution is -0.116. The minimum atomic E-state index is -0.115. The number of nitrogens with zero attached hydrogens (tertiary/aromatic N) is 1. The lowest BCUT2D eigenvalue weighted by Crippen LogP contribution is -2.16. The van der Waals surface area contributed by atoms with E-state index in [0.29, 0.717) is 5.82 Å². The van der Waals surface area contributed by atoms with Gasteiger partial charge in [0.1, 0.15) is 10.6 Å². The largest absolute Gasteiger partial charge is 0.325 e. The normalized spacial score (nSPS) is 10.9. The molecule has 0 aliphatic rings. The highest BCUT2D eigenvalue weighted by Crippen LogP contribution is 2.30. The second-order valence-electron chi connectivity index (χ2n) is 7.62. The monoisotopic (exact) mass is 446 g/mol. The summed E-state index contributed by atoms with van der Waals surface area (Å²) in [5.74, 6) is 0.395. The summed E-state index contributed by atoms with van der Waals surface area (Å²) in [6.45, 7) is 4.18. The van der Waals surface area contributed by atoms with Crippen molar-refractivity contribution in [2.75, 3.05) is 10.6 Å². The molecule has 164 valence electrons. The van der Waals surface area contributed by atoms with Crippen molar-refractivity contribution in [3.05, 3.63) is 76.2 Å². The first-order chi connectivity index (χ1) is 15.6. The summed E-state index contributed by atoms with van der Waals surface area (Å²) in [5, 5.41) is 14.0. The second kappa shape index (κ2) is 9.78. The quantitative estimate of drug-likeness (QED) is 0.351. The van der Waals surface area contributed by atoms with E-state index in [4.69, 9.17) is 0 Å². The van der Waals surface area contributed by atoms with Gasteiger partial charge in [0.15, 0.2) is 0 Å². The summed E-state index contributed by atoms with van der Waals surface area (Å²) in [6, 6.07) is 17.7. The molecule has 2 heterocycles. The number of benzene rings is 2. The highest BCUT2D eigenvalue weighted by atomic mass is 32.1. The number of fused-ring (bicyclic) bond motifs is 1. The molecule has 0 saturated carbocycles. The number of para-hydroxylation sites is 1. The Bertz CT molecular complexity index is 1220. The number of thiophene rings is 1. The third kappa shape index (κ3) is 4.89. The molecule has 0 unspecified atom stereocenters. The first kappa shape index (κ1) is 21.8. The lowest BCUT2D eigenvalue weighted by Gasteiger charge is -2.14. The van der Waals surface area contributed by atoms with Crippen LogP contribution < -0.4 is 10.6 Å². The van der Waals surface area contributed by atoms with Crippen molar-refractivity contribution in [1.82, 2.24) is 10.2 Å². The van der Waals surface area contributed by atoms with Gasteiger partial charge in [0.25, 0.3) is 0 Å². The van der Waals surface area contributed by atoms with Gasteiger partial charge in [-0.15, -0.1) is 11.3 Å². The van der Waals surface area contributed by atoms with E-state index in [1.165, 1.54) is 11.3 Å². The molecule has 7 heteroatoms. The van der Waals surface area contributed by atoms with E-state index in [1.807, 2.05) is 42.5 Å². The molecule has 2 amide bonds. The fraction of sp³-hybridized carbons (Fsp3) is 0.240. The Labute approximate surface area is 191 Å². The summed E-state index contributed by atoms with van der Waals surface area (Å²) in [4.78, 5) is 26.9. The Morgan fingerprint density at radius 3 is 2.28 bits per heavy atom. The highest BCUT2D eigenvalue weighted by Gasteiger charge is 2.16. The Morgan fingerprint density at radius 2 is 1.59 bits per heavy atom. The Hall–Kier alpha value is -3.45. The van der Waals surface area contributed by atoms with Gasteiger partial charge < -0.3 is 10.6 Å². The Morgan fingerprint density at radius 1 is 0.906 bits per heavy atom. The minimum absolute atomic E-state index is 0.0526. The first-order valence-corrected chi connectivity index (χ1v) is 11.6. The number of aryl methyl sites for hydroxylation is 2. The van der Waals surface area contributed by atoms with Gasteiger partial charge in [-0.2, -0.15) is 5.10 Å². The second-order valence-corrected chi connectivity index (χ2v) is 8.74. The van der Waals surface area contributed by atoms with E-state index in [1.54, 1.807) is 0 Å². The minimum Gasteiger partial charge on any atom is -0.325 e. The van der Waals surface area contributed by atoms with Gasteiger partial charge in [-0.3, -0.25) is 14.7 Å². The molecular formula is C25H26N4O2S. The van der Waals surface area contributed by atoms with Crippen molar-refractivity contribution in [3.63, 3.8) is 0 Å². The van der Waals surface area contributed by atoms with Crippen molar-refractivity contribution in [2.24, 2.45) is 0 Å². The molecule has 0 fully saturated rings. The number of anilines is 2. The standard InChI is InChI=1S/C25H26N4O2S/c1-3-17-11-8-12-18(4-2)23(17)26-22(31)15-19-14-20-24(28-29-25(20)32-19)27-21(30)13-16-9-6-5-7-10-16/h5-12,14H,3-4,13,15H2,1-2H3,(H,26,31)(H2,27,28,29,30). The zero-order valence-electron chi connectivity index (χ0n) is 18.2. The zero-order chi connectivity index (χ0) is 22.5. The van der Waals surface area contributed by atoms with E-state index in [9.17, 15) is 9.59 Å². The number of carbonyl (C=O) groups is 2. The molecule has 0 atom stereocenters. The average Bonchev–Trinajstić information content (AvgIpc) is 3.35. The number of hydrogen-bond donors (Lipinski definition) is 3. The van der Waals surface area contributed by atoms with Crippen molar-refractivity contribution >= 4 is 44.9 Å². The highest BCUT2D eigenvalue weighted by molar-refractivity contribution is 7.18. The smallest absolute Gasteiger partial charge is 0.229 e. The maximum Gasteiger partial charge on any atom is 0.229 e. The number of hydrogen-bond acceptors (Lipinski definition) is 4. The summed E-state index contributed by atoms with van der Waals surface area (Å²) in [6.07, 6.45) is 2.28. The van der Waals surface area contributed by atoms with Crippen LogP contribution in [0.3, 0.4) is 0 Å². The van der Waals surface area contributed by atoms with Crippen LogP contribution in [-0.4, -0.2) is 22.0 Å². The Balaban J connectivity index is 1.44. The number of aromatic nitrogens is 2. The van der Waals surface area contributed by atoms with Gasteiger partial charge in [-0.25, -0.2) is 0 Å². The maximum atomic E-state index is 12.8. The summed E-state index contributed by atoms with van der Waals surface area (Å²) >= 11 is 1.45. The maximum absolute atomic E-state index is 12.8. The number of nitrogens with one attached hydrogen (secondary N) is 3. The predicted octanol–water partition coefficient (Wildman–Crippen LogP) is 5.11. The molecule has 32 heavy (non-hydrogen) atoms. The fourth-order valence-corrected chi connectivity index (χ4v) is 4.74. The predicted molar refractivity (Wildman–Crippen MR) is 130 cm³/mol. The average molecular weight is 447 g/mol. The molecule has 0 aliphatic carbocycles. The van der Waals surface area contributed by atoms with Gasteiger partial charge in [0, 0.05) is 10.6 Å². The molecule has 2 aromatic heterocycles. The van der Waals surface area contributed by atoms with Gasteiger partial charge in [-0.05, 0) is 35.6 Å². The molecule has 4 rings (SSSR count). The summed E-state index contributed by atoms with van der Waals surface area (Å²) in [7, 11) is 0. The van der Waals surface area contributed by atoms with E-state index >= 15 is 0 Å². The fourth-order valence-electron chi connectivity index (χ4n) is 3.75. The van der Waals surface area contributed by atoms with Crippen molar-refractivity contribution in [3.8, 4) is 0 Å². The number of H-pyrrole nitrogens is 1. The van der Waals surface area contributed by atoms with Crippen LogP contribution in [0.15, 0.2) is 54.6 Å². The van der Waals surface area contributed by atoms with Crippen molar-refractivity contribution < 1.29 is 9.59 Å². The molecule has 0 radical (unpaired) electrons. The van der Waals surface area contributed by atoms with Gasteiger partial charge in [-0.1, -0.05) is 62.4 Å². The number of amides is 2. The molecular weight excluding hydrogens is 420 g/mol. The SMILES string of the molecule is CCc1cccc(CC)c1NC(=O)Cc1cc2c(NC(=O)Cc3ccccc3)[nH]nc2s1. The third-order valence-electron chi connectivity index (χ3n) is 5.37. The van der Waals surface area contributed by atoms with Crippen LogP contribution in [0.25, 0.3) is 10.2 Å². The summed E-state index contributed by atoms with van der Waals surface area (Å²) < 4.78 is 0. The van der Waals surface area contributed by atoms with Gasteiger partial charge in [0.2, 0.25) is 11.8 Å². The third-order valence-corrected chi connectivity index (χ3v) is 6.40. The van der Waals surface area contributed by atoms with Crippen LogP contribution in [0.5, 0.6) is 0 Å². The Kier molecular flexibility index (Phi) is 6.66. The topological polar surface area (TPSA) is 86.9 Å². The van der Waals surface area contributed by atoms with Crippen molar-refractivity contribution in [2.45, 2.75) is 39.5 Å². The molecule has 6 nitrogen and oxygen atoms in total. The van der Waals surface area contributed by atoms with Gasteiger partial charge >= 0.3 is 0 Å². The molecule has 3 N–H and O–H groups in total. The summed E-state index contributed by atoms with van der Waals surface area (Å²) in [5.41, 5.74) is 4.16. The van der Waals surface area contributed by atoms with E-state index in [-0.39, 0.29) is 24.7 Å². The van der Waals surface area contributed by atoms with Crippen LogP contribution in [-0.2, 0) is 35.3 Å². The number of carbonyl (C=O) groups excluding carboxylic acids is 2. The van der Waals surface area contributed by atoms with E-state index < -0.39 is 0 Å². The van der Waals surface area contributed by atoms with Crippen LogP contribution >= 0.6 is 11.3 Å². The molecule has 0 aliphatic heterocycles. The van der Waals surface area contributed by atoms with Crippen LogP contribution in [0.1, 0.15) is 35.4 Å². The molecule has 4 aromatic rings. The van der Waals surface area contributed by atoms with Crippen molar-refractivity contribution in [1.29, 1.82) is 0 Å². The molecule has 0 spiro atoms.